The Hall–Kier alpha value is -1.90. The van der Waals surface area contributed by atoms with Crippen molar-refractivity contribution in [3.8, 4) is 5.97 Å². The molecule has 0 unspecified atom stereocenters. The van der Waals surface area contributed by atoms with Crippen LogP contribution in [0.15, 0.2) is 0 Å². The second-order valence-electron chi connectivity index (χ2n) is 5.47. The van der Waals surface area contributed by atoms with E-state index in [4.69, 9.17) is 5.26 Å². The number of aldehydes is 1. The summed E-state index contributed by atoms with van der Waals surface area (Å²) in [4.78, 5) is 22.0. The summed E-state index contributed by atoms with van der Waals surface area (Å²) in [7, 11) is 0. The highest BCUT2D eigenvalue weighted by Crippen LogP contribution is 2.27. The van der Waals surface area contributed by atoms with E-state index in [0.717, 1.165) is 43.6 Å². The Bertz CT molecular complexity index is 524. The van der Waals surface area contributed by atoms with Gasteiger partial charge in [-0.25, -0.2) is 15.2 Å². The minimum absolute atomic E-state index is 0.110. The van der Waals surface area contributed by atoms with E-state index in [1.165, 1.54) is 0 Å². The Morgan fingerprint density at radius 2 is 1.85 bits per heavy atom. The van der Waals surface area contributed by atoms with E-state index in [1.54, 1.807) is 0 Å². The molecule has 2 heterocycles. The van der Waals surface area contributed by atoms with E-state index in [1.807, 2.05) is 20.7 Å². The molecular weight excluding hydrogens is 251 g/mol. The van der Waals surface area contributed by atoms with Crippen LogP contribution in [0, 0.1) is 25.1 Å². The highest BCUT2D eigenvalue weighted by Gasteiger charge is 2.27. The number of nitrogens with zero attached hydrogens (tertiary/aromatic N) is 4. The summed E-state index contributed by atoms with van der Waals surface area (Å²) in [5.41, 5.74) is 2.05. The van der Waals surface area contributed by atoms with Crippen LogP contribution >= 0.6 is 0 Å². The normalized spacial score (nSPS) is 15.8. The average Bonchev–Trinajstić information content (AvgIpc) is 2.46. The maximum Gasteiger partial charge on any atom is 0.268 e. The topological polar surface area (TPSA) is 69.9 Å². The summed E-state index contributed by atoms with van der Waals surface area (Å²) in [6.07, 6.45) is 2.80. The Morgan fingerprint density at radius 1 is 1.30 bits per heavy atom. The number of hydrogen-bond acceptors (Lipinski definition) is 5. The zero-order chi connectivity index (χ0) is 14.7. The van der Waals surface area contributed by atoms with Crippen molar-refractivity contribution in [2.24, 2.45) is 0 Å². The van der Waals surface area contributed by atoms with Gasteiger partial charge in [0.2, 0.25) is 5.95 Å². The standard InChI is InChI=1S/C14H19BN4O/c1-10-13(8-20)11(2)18-14(17-10)19-6-4-12(5-7-19)15(3)9-16/h8,12H,4-7H2,1-3H3. The summed E-state index contributed by atoms with van der Waals surface area (Å²) >= 11 is 0. The summed E-state index contributed by atoms with van der Waals surface area (Å²) < 4.78 is 0. The SMILES string of the molecule is CB(C#N)C1CCN(c2nc(C)c(C=O)c(C)n2)CC1. The van der Waals surface area contributed by atoms with Crippen LogP contribution in [0.5, 0.6) is 0 Å². The third-order valence-corrected chi connectivity index (χ3v) is 4.17. The smallest absolute Gasteiger partial charge is 0.268 e. The Kier molecular flexibility index (Phi) is 4.38. The zero-order valence-corrected chi connectivity index (χ0v) is 12.3. The van der Waals surface area contributed by atoms with Gasteiger partial charge in [0.15, 0.2) is 6.29 Å². The van der Waals surface area contributed by atoms with Crippen LogP contribution < -0.4 is 4.90 Å². The van der Waals surface area contributed by atoms with E-state index in [-0.39, 0.29) is 6.71 Å². The molecule has 1 aromatic rings. The molecule has 0 atom stereocenters. The van der Waals surface area contributed by atoms with Gasteiger partial charge in [-0.05, 0) is 32.5 Å². The molecule has 1 aliphatic rings. The molecule has 1 aliphatic heterocycles. The van der Waals surface area contributed by atoms with Crippen molar-refractivity contribution in [1.82, 2.24) is 9.97 Å². The molecule has 0 spiro atoms. The van der Waals surface area contributed by atoms with Crippen molar-refractivity contribution in [3.63, 3.8) is 0 Å². The van der Waals surface area contributed by atoms with Gasteiger partial charge < -0.3 is 4.90 Å². The fourth-order valence-electron chi connectivity index (χ4n) is 2.72. The molecule has 1 saturated heterocycles. The van der Waals surface area contributed by atoms with Crippen LogP contribution in [-0.2, 0) is 0 Å². The van der Waals surface area contributed by atoms with Crippen LogP contribution in [0.2, 0.25) is 12.6 Å². The third-order valence-electron chi connectivity index (χ3n) is 4.17. The van der Waals surface area contributed by atoms with Gasteiger partial charge in [0.05, 0.1) is 17.0 Å². The van der Waals surface area contributed by atoms with E-state index in [9.17, 15) is 4.79 Å². The Balaban J connectivity index is 2.12. The van der Waals surface area contributed by atoms with Gasteiger partial charge in [-0.1, -0.05) is 6.82 Å². The van der Waals surface area contributed by atoms with Gasteiger partial charge in [0.25, 0.3) is 6.71 Å². The maximum atomic E-state index is 11.0. The first-order valence-corrected chi connectivity index (χ1v) is 7.01. The molecule has 6 heteroatoms. The number of hydrogen-bond donors (Lipinski definition) is 0. The molecule has 20 heavy (non-hydrogen) atoms. The zero-order valence-electron chi connectivity index (χ0n) is 12.3. The van der Waals surface area contributed by atoms with Gasteiger partial charge >= 0.3 is 0 Å². The minimum atomic E-state index is 0.110. The predicted octanol–water partition coefficient (Wildman–Crippen LogP) is 2.06. The summed E-state index contributed by atoms with van der Waals surface area (Å²) in [5, 5.41) is 8.98. The lowest BCUT2D eigenvalue weighted by Gasteiger charge is -2.32. The van der Waals surface area contributed by atoms with Crippen LogP contribution in [0.25, 0.3) is 0 Å². The molecule has 0 aliphatic carbocycles. The predicted molar refractivity (Wildman–Crippen MR) is 79.3 cm³/mol. The molecule has 0 amide bonds. The van der Waals surface area contributed by atoms with Crippen molar-refractivity contribution < 1.29 is 4.79 Å². The van der Waals surface area contributed by atoms with Crippen LogP contribution in [0.3, 0.4) is 0 Å². The number of carbonyl (C=O) groups excluding carboxylic acids is 1. The van der Waals surface area contributed by atoms with Crippen molar-refractivity contribution in [2.75, 3.05) is 18.0 Å². The van der Waals surface area contributed by atoms with Crippen molar-refractivity contribution >= 4 is 18.9 Å². The lowest BCUT2D eigenvalue weighted by Crippen LogP contribution is -2.36. The van der Waals surface area contributed by atoms with Gasteiger partial charge in [-0.15, -0.1) is 0 Å². The van der Waals surface area contributed by atoms with E-state index in [0.29, 0.717) is 17.3 Å². The quantitative estimate of drug-likeness (QED) is 0.621. The van der Waals surface area contributed by atoms with Gasteiger partial charge in [0.1, 0.15) is 0 Å². The molecule has 5 nitrogen and oxygen atoms in total. The molecule has 104 valence electrons. The van der Waals surface area contributed by atoms with Crippen molar-refractivity contribution in [1.29, 1.82) is 5.26 Å². The molecule has 0 radical (unpaired) electrons. The van der Waals surface area contributed by atoms with Gasteiger partial charge in [-0.3, -0.25) is 4.79 Å². The Labute approximate surface area is 120 Å². The number of nitriles is 1. The molecule has 2 rings (SSSR count). The lowest BCUT2D eigenvalue weighted by atomic mass is 9.42. The highest BCUT2D eigenvalue weighted by atomic mass is 16.1. The number of carbonyl (C=O) groups is 1. The first kappa shape index (κ1) is 14.5. The number of aromatic nitrogens is 2. The lowest BCUT2D eigenvalue weighted by molar-refractivity contribution is 0.112. The molecule has 0 saturated carbocycles. The molecule has 0 bridgehead atoms. The molecule has 0 aromatic carbocycles. The third kappa shape index (κ3) is 2.82. The Morgan fingerprint density at radius 3 is 2.30 bits per heavy atom. The molecule has 0 N–H and O–H groups in total. The fourth-order valence-corrected chi connectivity index (χ4v) is 2.72. The monoisotopic (exact) mass is 270 g/mol. The number of anilines is 1. The number of piperidine rings is 1. The maximum absolute atomic E-state index is 11.0. The molecular formula is C14H19BN4O. The van der Waals surface area contributed by atoms with E-state index >= 15 is 0 Å². The van der Waals surface area contributed by atoms with Crippen molar-refractivity contribution in [3.05, 3.63) is 17.0 Å². The first-order chi connectivity index (χ1) is 9.56. The van der Waals surface area contributed by atoms with Crippen LogP contribution in [0.4, 0.5) is 5.95 Å². The summed E-state index contributed by atoms with van der Waals surface area (Å²) in [6.45, 7) is 7.52. The minimum Gasteiger partial charge on any atom is -0.341 e. The van der Waals surface area contributed by atoms with E-state index in [2.05, 4.69) is 20.8 Å². The second kappa shape index (κ2) is 6.04. The first-order valence-electron chi connectivity index (χ1n) is 7.01. The van der Waals surface area contributed by atoms with Crippen LogP contribution in [-0.4, -0.2) is 36.1 Å². The summed E-state index contributed by atoms with van der Waals surface area (Å²) in [5.74, 6) is 3.50. The largest absolute Gasteiger partial charge is 0.341 e. The average molecular weight is 270 g/mol. The number of aryl methyl sites for hydroxylation is 2. The number of rotatable bonds is 3. The fraction of sp³-hybridized carbons (Fsp3) is 0.571. The highest BCUT2D eigenvalue weighted by molar-refractivity contribution is 6.67. The van der Waals surface area contributed by atoms with Gasteiger partial charge in [0, 0.05) is 19.1 Å². The molecule has 1 fully saturated rings. The van der Waals surface area contributed by atoms with Crippen molar-refractivity contribution in [2.45, 2.75) is 39.3 Å². The summed E-state index contributed by atoms with van der Waals surface area (Å²) in [6, 6.07) is 0. The van der Waals surface area contributed by atoms with E-state index < -0.39 is 0 Å². The molecule has 1 aromatic heterocycles. The second-order valence-corrected chi connectivity index (χ2v) is 5.47. The van der Waals surface area contributed by atoms with Gasteiger partial charge in [-0.2, -0.15) is 0 Å². The van der Waals surface area contributed by atoms with Crippen LogP contribution in [0.1, 0.15) is 34.6 Å².